The van der Waals surface area contributed by atoms with Crippen molar-refractivity contribution in [2.24, 2.45) is 0 Å². The minimum atomic E-state index is -0.586. The van der Waals surface area contributed by atoms with Gasteiger partial charge in [-0.05, 0) is 68.5 Å². The van der Waals surface area contributed by atoms with Gasteiger partial charge in [-0.15, -0.1) is 0 Å². The summed E-state index contributed by atoms with van der Waals surface area (Å²) in [5, 5.41) is 2.93. The lowest BCUT2D eigenvalue weighted by molar-refractivity contribution is -0.142. The summed E-state index contributed by atoms with van der Waals surface area (Å²) in [6, 6.07) is 13.2. The van der Waals surface area contributed by atoms with Crippen LogP contribution in [-0.4, -0.2) is 35.9 Å². The largest absolute Gasteiger partial charge is 0.484 e. The minimum Gasteiger partial charge on any atom is -0.484 e. The molecule has 0 radical (unpaired) electrons. The molecule has 5 heteroatoms. The molecule has 0 aliphatic rings. The molecular formula is C25H34N2O3. The Bertz CT molecular complexity index is 843. The van der Waals surface area contributed by atoms with Crippen LogP contribution in [0, 0.1) is 20.8 Å². The van der Waals surface area contributed by atoms with Gasteiger partial charge in [0.05, 0.1) is 0 Å². The van der Waals surface area contributed by atoms with E-state index in [0.717, 1.165) is 35.1 Å². The van der Waals surface area contributed by atoms with Gasteiger partial charge in [0.25, 0.3) is 5.91 Å². The molecule has 0 aromatic heterocycles. The number of unbranched alkanes of at least 4 members (excludes halogenated alkanes) is 1. The Morgan fingerprint density at radius 1 is 1.07 bits per heavy atom. The van der Waals surface area contributed by atoms with E-state index in [2.05, 4.69) is 18.3 Å². The summed E-state index contributed by atoms with van der Waals surface area (Å²) in [7, 11) is 0. The smallest absolute Gasteiger partial charge is 0.261 e. The lowest BCUT2D eigenvalue weighted by Gasteiger charge is -2.29. The van der Waals surface area contributed by atoms with E-state index >= 15 is 0 Å². The summed E-state index contributed by atoms with van der Waals surface area (Å²) in [6.45, 7) is 10.7. The lowest BCUT2D eigenvalue weighted by Crippen LogP contribution is -2.49. The van der Waals surface area contributed by atoms with Crippen LogP contribution in [0.5, 0.6) is 5.75 Å². The monoisotopic (exact) mass is 410 g/mol. The van der Waals surface area contributed by atoms with E-state index in [1.165, 1.54) is 0 Å². The van der Waals surface area contributed by atoms with E-state index in [1.807, 2.05) is 57.2 Å². The molecule has 2 amide bonds. The quantitative estimate of drug-likeness (QED) is 0.593. The maximum Gasteiger partial charge on any atom is 0.261 e. The Hall–Kier alpha value is -2.82. The van der Waals surface area contributed by atoms with E-state index in [-0.39, 0.29) is 18.4 Å². The van der Waals surface area contributed by atoms with Crippen molar-refractivity contribution in [2.75, 3.05) is 13.2 Å². The van der Waals surface area contributed by atoms with Crippen molar-refractivity contribution >= 4 is 11.8 Å². The van der Waals surface area contributed by atoms with Crippen LogP contribution < -0.4 is 10.1 Å². The summed E-state index contributed by atoms with van der Waals surface area (Å²) < 4.78 is 5.78. The third kappa shape index (κ3) is 6.90. The zero-order valence-corrected chi connectivity index (χ0v) is 18.8. The van der Waals surface area contributed by atoms with Crippen LogP contribution in [0.4, 0.5) is 0 Å². The van der Waals surface area contributed by atoms with Crippen LogP contribution in [0.25, 0.3) is 0 Å². The first-order valence-electron chi connectivity index (χ1n) is 10.6. The van der Waals surface area contributed by atoms with E-state index in [0.29, 0.717) is 18.8 Å². The zero-order chi connectivity index (χ0) is 22.1. The van der Waals surface area contributed by atoms with Gasteiger partial charge in [0, 0.05) is 13.1 Å². The first-order chi connectivity index (χ1) is 14.3. The minimum absolute atomic E-state index is 0.110. The highest BCUT2D eigenvalue weighted by molar-refractivity contribution is 5.88. The van der Waals surface area contributed by atoms with Crippen molar-refractivity contribution in [2.45, 2.75) is 60.0 Å². The summed E-state index contributed by atoms with van der Waals surface area (Å²) in [4.78, 5) is 27.4. The van der Waals surface area contributed by atoms with Crippen molar-refractivity contribution in [1.29, 1.82) is 0 Å². The fourth-order valence-electron chi connectivity index (χ4n) is 3.33. The van der Waals surface area contributed by atoms with Gasteiger partial charge in [0.2, 0.25) is 5.91 Å². The molecule has 2 aromatic carbocycles. The van der Waals surface area contributed by atoms with Crippen LogP contribution >= 0.6 is 0 Å². The molecule has 0 saturated carbocycles. The SMILES string of the molecule is CCCCNC(=O)[C@H](C)N(Cc1ccccc1C)C(=O)COc1cc(C)cc(C)c1. The summed E-state index contributed by atoms with van der Waals surface area (Å²) >= 11 is 0. The molecule has 1 N–H and O–H groups in total. The zero-order valence-electron chi connectivity index (χ0n) is 18.8. The van der Waals surface area contributed by atoms with Crippen LogP contribution in [0.15, 0.2) is 42.5 Å². The first kappa shape index (κ1) is 23.5. The summed E-state index contributed by atoms with van der Waals surface area (Å²) in [5.41, 5.74) is 4.27. The van der Waals surface area contributed by atoms with E-state index < -0.39 is 6.04 Å². The van der Waals surface area contributed by atoms with Gasteiger partial charge in [-0.3, -0.25) is 9.59 Å². The van der Waals surface area contributed by atoms with Gasteiger partial charge in [0.15, 0.2) is 6.61 Å². The van der Waals surface area contributed by atoms with Gasteiger partial charge in [0.1, 0.15) is 11.8 Å². The molecule has 30 heavy (non-hydrogen) atoms. The number of hydrogen-bond donors (Lipinski definition) is 1. The third-order valence-electron chi connectivity index (χ3n) is 5.16. The van der Waals surface area contributed by atoms with Gasteiger partial charge in [-0.25, -0.2) is 0 Å². The summed E-state index contributed by atoms with van der Waals surface area (Å²) in [6.07, 6.45) is 1.92. The molecule has 0 saturated heterocycles. The Morgan fingerprint density at radius 2 is 1.73 bits per heavy atom. The topological polar surface area (TPSA) is 58.6 Å². The number of ether oxygens (including phenoxy) is 1. The van der Waals surface area contributed by atoms with Crippen molar-refractivity contribution < 1.29 is 14.3 Å². The molecule has 162 valence electrons. The van der Waals surface area contributed by atoms with Crippen molar-refractivity contribution in [3.8, 4) is 5.75 Å². The van der Waals surface area contributed by atoms with Gasteiger partial charge in [-0.2, -0.15) is 0 Å². The van der Waals surface area contributed by atoms with Gasteiger partial charge in [-0.1, -0.05) is 43.7 Å². The number of aryl methyl sites for hydroxylation is 3. The standard InChI is InChI=1S/C25H34N2O3/c1-6-7-12-26-25(29)21(5)27(16-22-11-9-8-10-20(22)4)24(28)17-30-23-14-18(2)13-19(3)15-23/h8-11,13-15,21H,6-7,12,16-17H2,1-5H3,(H,26,29)/t21-/m0/s1. The van der Waals surface area contributed by atoms with Crippen LogP contribution in [0.3, 0.4) is 0 Å². The molecule has 0 aliphatic carbocycles. The molecule has 5 nitrogen and oxygen atoms in total. The maximum atomic E-state index is 13.1. The second kappa shape index (κ2) is 11.4. The Labute approximate surface area is 180 Å². The number of carbonyl (C=O) groups is 2. The number of nitrogens with zero attached hydrogens (tertiary/aromatic N) is 1. The fourth-order valence-corrected chi connectivity index (χ4v) is 3.33. The first-order valence-corrected chi connectivity index (χ1v) is 10.6. The predicted molar refractivity (Wildman–Crippen MR) is 121 cm³/mol. The van der Waals surface area contributed by atoms with Crippen molar-refractivity contribution in [3.63, 3.8) is 0 Å². The average Bonchev–Trinajstić information content (AvgIpc) is 2.70. The second-order valence-corrected chi connectivity index (χ2v) is 7.88. The number of nitrogens with one attached hydrogen (secondary N) is 1. The highest BCUT2D eigenvalue weighted by atomic mass is 16.5. The predicted octanol–water partition coefficient (Wildman–Crippen LogP) is 4.32. The molecule has 0 heterocycles. The Balaban J connectivity index is 2.15. The van der Waals surface area contributed by atoms with Crippen LogP contribution in [0.1, 0.15) is 48.9 Å². The van der Waals surface area contributed by atoms with Gasteiger partial charge < -0.3 is 15.0 Å². The lowest BCUT2D eigenvalue weighted by atomic mass is 10.1. The van der Waals surface area contributed by atoms with E-state index in [1.54, 1.807) is 11.8 Å². The Kier molecular flexibility index (Phi) is 8.90. The molecule has 1 atom stereocenters. The molecule has 0 bridgehead atoms. The molecule has 0 spiro atoms. The molecule has 2 rings (SSSR count). The highest BCUT2D eigenvalue weighted by Gasteiger charge is 2.26. The average molecular weight is 411 g/mol. The number of amides is 2. The van der Waals surface area contributed by atoms with E-state index in [4.69, 9.17) is 4.74 Å². The summed E-state index contributed by atoms with van der Waals surface area (Å²) in [5.74, 6) is 0.309. The normalized spacial score (nSPS) is 11.6. The highest BCUT2D eigenvalue weighted by Crippen LogP contribution is 2.18. The number of benzene rings is 2. The van der Waals surface area contributed by atoms with Crippen molar-refractivity contribution in [1.82, 2.24) is 10.2 Å². The number of rotatable bonds is 10. The molecule has 0 aliphatic heterocycles. The fraction of sp³-hybridized carbons (Fsp3) is 0.440. The molecule has 0 fully saturated rings. The van der Waals surface area contributed by atoms with E-state index in [9.17, 15) is 9.59 Å². The Morgan fingerprint density at radius 3 is 2.37 bits per heavy atom. The van der Waals surface area contributed by atoms with Gasteiger partial charge >= 0.3 is 0 Å². The molecule has 0 unspecified atom stereocenters. The third-order valence-corrected chi connectivity index (χ3v) is 5.16. The van der Waals surface area contributed by atoms with Crippen LogP contribution in [0.2, 0.25) is 0 Å². The van der Waals surface area contributed by atoms with Crippen molar-refractivity contribution in [3.05, 3.63) is 64.7 Å². The molecular weight excluding hydrogens is 376 g/mol. The maximum absolute atomic E-state index is 13.1. The number of hydrogen-bond acceptors (Lipinski definition) is 3. The second-order valence-electron chi connectivity index (χ2n) is 7.88. The van der Waals surface area contributed by atoms with Crippen LogP contribution in [-0.2, 0) is 16.1 Å². The molecule has 2 aromatic rings. The number of carbonyl (C=O) groups excluding carboxylic acids is 2.